The Balaban J connectivity index is 2.29. The molecule has 0 aromatic carbocycles. The van der Waals surface area contributed by atoms with Crippen molar-refractivity contribution in [2.75, 3.05) is 19.7 Å². The van der Waals surface area contributed by atoms with Crippen molar-refractivity contribution in [3.8, 4) is 5.88 Å². The van der Waals surface area contributed by atoms with Crippen LogP contribution < -0.4 is 10.1 Å². The number of hydrogen-bond acceptors (Lipinski definition) is 4. The number of aromatic nitrogens is 1. The van der Waals surface area contributed by atoms with Crippen molar-refractivity contribution in [3.05, 3.63) is 23.9 Å². The van der Waals surface area contributed by atoms with E-state index in [1.54, 1.807) is 6.20 Å². The fraction of sp³-hybridized carbons (Fsp3) is 0.455. The lowest BCUT2D eigenvalue weighted by Gasteiger charge is -2.16. The van der Waals surface area contributed by atoms with Crippen molar-refractivity contribution >= 4 is 5.84 Å². The summed E-state index contributed by atoms with van der Waals surface area (Å²) < 4.78 is 5.46. The minimum Gasteiger partial charge on any atom is -0.477 e. The van der Waals surface area contributed by atoms with Gasteiger partial charge in [0.2, 0.25) is 5.88 Å². The molecule has 1 aromatic rings. The maximum atomic E-state index is 5.46. The topological polar surface area (TPSA) is 46.5 Å². The van der Waals surface area contributed by atoms with Gasteiger partial charge in [0.05, 0.1) is 12.2 Å². The van der Waals surface area contributed by atoms with Crippen LogP contribution in [0.25, 0.3) is 0 Å². The smallest absolute Gasteiger partial charge is 0.224 e. The number of nitrogens with zero attached hydrogens (tertiary/aromatic N) is 2. The van der Waals surface area contributed by atoms with Gasteiger partial charge in [-0.15, -0.1) is 0 Å². The predicted molar refractivity (Wildman–Crippen MR) is 59.4 cm³/mol. The van der Waals surface area contributed by atoms with E-state index in [4.69, 9.17) is 4.74 Å². The summed E-state index contributed by atoms with van der Waals surface area (Å²) in [5.41, 5.74) is 0.957. The number of rotatable bonds is 3. The highest BCUT2D eigenvalue weighted by molar-refractivity contribution is 6.00. The van der Waals surface area contributed by atoms with Crippen LogP contribution in [0.2, 0.25) is 0 Å². The molecule has 0 spiro atoms. The monoisotopic (exact) mass is 205 g/mol. The first kappa shape index (κ1) is 9.96. The van der Waals surface area contributed by atoms with Crippen LogP contribution in [0, 0.1) is 0 Å². The zero-order valence-corrected chi connectivity index (χ0v) is 8.86. The quantitative estimate of drug-likeness (QED) is 0.807. The van der Waals surface area contributed by atoms with Gasteiger partial charge in [-0.1, -0.05) is 0 Å². The summed E-state index contributed by atoms with van der Waals surface area (Å²) in [6, 6.07) is 3.88. The van der Waals surface area contributed by atoms with Crippen molar-refractivity contribution < 1.29 is 4.74 Å². The maximum Gasteiger partial charge on any atom is 0.224 e. The van der Waals surface area contributed by atoms with Gasteiger partial charge in [-0.3, -0.25) is 4.99 Å². The van der Waals surface area contributed by atoms with E-state index in [2.05, 4.69) is 15.3 Å². The summed E-state index contributed by atoms with van der Waals surface area (Å²) in [6.45, 7) is 4.42. The minimum absolute atomic E-state index is 0.622. The molecular weight excluding hydrogens is 190 g/mol. The van der Waals surface area contributed by atoms with Crippen LogP contribution >= 0.6 is 0 Å². The molecule has 0 radical (unpaired) electrons. The molecule has 0 aliphatic carbocycles. The van der Waals surface area contributed by atoms with Gasteiger partial charge >= 0.3 is 0 Å². The minimum atomic E-state index is 0.622. The number of nitrogens with one attached hydrogen (secondary N) is 1. The Kier molecular flexibility index (Phi) is 3.17. The van der Waals surface area contributed by atoms with E-state index in [1.807, 2.05) is 19.1 Å². The molecule has 15 heavy (non-hydrogen) atoms. The highest BCUT2D eigenvalue weighted by Crippen LogP contribution is 2.15. The van der Waals surface area contributed by atoms with Crippen LogP contribution in [0.15, 0.2) is 23.3 Å². The van der Waals surface area contributed by atoms with Gasteiger partial charge in [0, 0.05) is 19.3 Å². The molecule has 0 unspecified atom stereocenters. The molecule has 0 atom stereocenters. The summed E-state index contributed by atoms with van der Waals surface area (Å²) in [7, 11) is 0. The van der Waals surface area contributed by atoms with Gasteiger partial charge < -0.3 is 10.1 Å². The lowest BCUT2D eigenvalue weighted by atomic mass is 10.2. The van der Waals surface area contributed by atoms with Crippen molar-refractivity contribution in [2.45, 2.75) is 13.3 Å². The number of pyridine rings is 1. The van der Waals surface area contributed by atoms with Crippen LogP contribution in [-0.4, -0.2) is 30.5 Å². The Labute approximate surface area is 89.4 Å². The molecule has 0 bridgehead atoms. The first-order valence-electron chi connectivity index (χ1n) is 5.28. The number of aliphatic imine (C=N–C) groups is 1. The van der Waals surface area contributed by atoms with E-state index in [9.17, 15) is 0 Å². The lowest BCUT2D eigenvalue weighted by Crippen LogP contribution is -2.30. The third-order valence-corrected chi connectivity index (χ3v) is 2.20. The average molecular weight is 205 g/mol. The summed E-state index contributed by atoms with van der Waals surface area (Å²) in [5.74, 6) is 1.56. The van der Waals surface area contributed by atoms with Gasteiger partial charge in [-0.05, 0) is 25.5 Å². The molecule has 2 rings (SSSR count). The number of amidine groups is 1. The summed E-state index contributed by atoms with van der Waals surface area (Å²) in [5, 5.41) is 3.26. The Hall–Kier alpha value is -1.58. The molecule has 80 valence electrons. The molecule has 4 heteroatoms. The van der Waals surface area contributed by atoms with E-state index in [-0.39, 0.29) is 0 Å². The molecule has 0 saturated carbocycles. The predicted octanol–water partition coefficient (Wildman–Crippen LogP) is 1.22. The van der Waals surface area contributed by atoms with Crippen molar-refractivity contribution in [1.82, 2.24) is 10.3 Å². The fourth-order valence-corrected chi connectivity index (χ4v) is 1.54. The van der Waals surface area contributed by atoms with Gasteiger partial charge in [0.1, 0.15) is 5.84 Å². The normalized spacial score (nSPS) is 15.4. The zero-order chi connectivity index (χ0) is 10.5. The number of ether oxygens (including phenoxy) is 1. The van der Waals surface area contributed by atoms with Crippen LogP contribution in [0.4, 0.5) is 0 Å². The van der Waals surface area contributed by atoms with Crippen LogP contribution in [-0.2, 0) is 0 Å². The molecular formula is C11H15N3O. The van der Waals surface area contributed by atoms with Crippen LogP contribution in [0.3, 0.4) is 0 Å². The van der Waals surface area contributed by atoms with Gasteiger partial charge in [0.15, 0.2) is 0 Å². The second-order valence-electron chi connectivity index (χ2n) is 3.30. The first-order valence-corrected chi connectivity index (χ1v) is 5.28. The molecule has 1 aliphatic heterocycles. The van der Waals surface area contributed by atoms with E-state index >= 15 is 0 Å². The second-order valence-corrected chi connectivity index (χ2v) is 3.30. The number of hydrogen-bond donors (Lipinski definition) is 1. The van der Waals surface area contributed by atoms with E-state index in [0.29, 0.717) is 12.5 Å². The Morgan fingerprint density at radius 3 is 3.20 bits per heavy atom. The second kappa shape index (κ2) is 4.77. The summed E-state index contributed by atoms with van der Waals surface area (Å²) >= 11 is 0. The zero-order valence-electron chi connectivity index (χ0n) is 8.86. The molecule has 0 fully saturated rings. The van der Waals surface area contributed by atoms with Crippen molar-refractivity contribution in [3.63, 3.8) is 0 Å². The van der Waals surface area contributed by atoms with Crippen LogP contribution in [0.1, 0.15) is 18.9 Å². The maximum absolute atomic E-state index is 5.46. The fourth-order valence-electron chi connectivity index (χ4n) is 1.54. The van der Waals surface area contributed by atoms with E-state index in [1.165, 1.54) is 0 Å². The molecule has 0 amide bonds. The highest BCUT2D eigenvalue weighted by atomic mass is 16.5. The van der Waals surface area contributed by atoms with Crippen molar-refractivity contribution in [2.24, 2.45) is 4.99 Å². The Morgan fingerprint density at radius 2 is 2.47 bits per heavy atom. The van der Waals surface area contributed by atoms with Gasteiger partial charge in [-0.2, -0.15) is 0 Å². The SMILES string of the molecule is CCOc1ncccc1C1=NCCCN1. The largest absolute Gasteiger partial charge is 0.477 e. The van der Waals surface area contributed by atoms with Crippen molar-refractivity contribution in [1.29, 1.82) is 0 Å². The van der Waals surface area contributed by atoms with E-state index in [0.717, 1.165) is 30.9 Å². The first-order chi connectivity index (χ1) is 7.42. The van der Waals surface area contributed by atoms with Gasteiger partial charge in [-0.25, -0.2) is 4.98 Å². The highest BCUT2D eigenvalue weighted by Gasteiger charge is 2.12. The standard InChI is InChI=1S/C11H15N3O/c1-2-15-11-9(5-3-6-14-11)10-12-7-4-8-13-10/h3,5-6H,2,4,7-8H2,1H3,(H,12,13). The molecule has 2 heterocycles. The van der Waals surface area contributed by atoms with E-state index < -0.39 is 0 Å². The van der Waals surface area contributed by atoms with Crippen LogP contribution in [0.5, 0.6) is 5.88 Å². The Morgan fingerprint density at radius 1 is 1.53 bits per heavy atom. The lowest BCUT2D eigenvalue weighted by molar-refractivity contribution is 0.326. The molecule has 1 aromatic heterocycles. The summed E-state index contributed by atoms with van der Waals surface area (Å²) in [6.07, 6.45) is 2.83. The summed E-state index contributed by atoms with van der Waals surface area (Å²) in [4.78, 5) is 8.63. The molecule has 4 nitrogen and oxygen atoms in total. The third-order valence-electron chi connectivity index (χ3n) is 2.20. The molecule has 1 aliphatic rings. The Bertz CT molecular complexity index is 363. The molecule has 1 N–H and O–H groups in total. The third kappa shape index (κ3) is 2.26. The van der Waals surface area contributed by atoms with Gasteiger partial charge in [0.25, 0.3) is 0 Å². The molecule has 0 saturated heterocycles. The average Bonchev–Trinajstić information content (AvgIpc) is 2.31.